The number of ether oxygens (including phenoxy) is 5. The Balaban J connectivity index is 6.19. The number of nitrogens with one attached hydrogen (secondary N) is 1. The largest absolute Gasteiger partial charge is 0.464 e. The highest BCUT2D eigenvalue weighted by atomic mass is 16.6. The number of carbonyl (C=O) groups is 6. The van der Waals surface area contributed by atoms with Gasteiger partial charge in [0, 0.05) is 41.5 Å². The molecule has 0 rings (SSSR count). The summed E-state index contributed by atoms with van der Waals surface area (Å²) in [6.07, 6.45) is -4.37. The first-order chi connectivity index (χ1) is 13.8. The van der Waals surface area contributed by atoms with Crippen LogP contribution in [0.15, 0.2) is 0 Å². The average molecular weight is 433 g/mol. The molecule has 12 heteroatoms. The maximum Gasteiger partial charge on any atom is 0.303 e. The third-order valence-corrected chi connectivity index (χ3v) is 3.31. The lowest BCUT2D eigenvalue weighted by atomic mass is 10.0. The van der Waals surface area contributed by atoms with Gasteiger partial charge in [-0.15, -0.1) is 0 Å². The molecule has 0 heterocycles. The standard InChI is InChI=1S/C18H27NO11/c1-9(20)19-15(7-26-10(2)21)17(29-13(5)24)18(30-14(6)25)16(28-12(4)23)8-27-11(3)22/h15-18H,7-8H2,1-6H3,(H,19,20). The molecule has 12 nitrogen and oxygen atoms in total. The summed E-state index contributed by atoms with van der Waals surface area (Å²) in [5, 5.41) is 2.43. The van der Waals surface area contributed by atoms with Crippen molar-refractivity contribution in [3.8, 4) is 0 Å². The minimum atomic E-state index is -1.51. The lowest BCUT2D eigenvalue weighted by Gasteiger charge is -2.35. The first-order valence-electron chi connectivity index (χ1n) is 8.88. The Labute approximate surface area is 173 Å². The van der Waals surface area contributed by atoms with Crippen molar-refractivity contribution in [2.24, 2.45) is 0 Å². The van der Waals surface area contributed by atoms with Crippen LogP contribution in [0.1, 0.15) is 41.5 Å². The normalized spacial score (nSPS) is 14.2. The van der Waals surface area contributed by atoms with Gasteiger partial charge in [0.1, 0.15) is 19.3 Å². The molecule has 1 N–H and O–H groups in total. The van der Waals surface area contributed by atoms with Gasteiger partial charge in [-0.2, -0.15) is 0 Å². The fraction of sp³-hybridized carbons (Fsp3) is 0.667. The lowest BCUT2D eigenvalue weighted by molar-refractivity contribution is -0.193. The van der Waals surface area contributed by atoms with Crippen LogP contribution >= 0.6 is 0 Å². The van der Waals surface area contributed by atoms with Gasteiger partial charge >= 0.3 is 29.8 Å². The van der Waals surface area contributed by atoms with Gasteiger partial charge in [0.15, 0.2) is 18.3 Å². The van der Waals surface area contributed by atoms with E-state index in [0.29, 0.717) is 0 Å². The Hall–Kier alpha value is -3.18. The summed E-state index contributed by atoms with van der Waals surface area (Å²) in [6.45, 7) is 5.57. The molecular formula is C18H27NO11. The summed E-state index contributed by atoms with van der Waals surface area (Å²) in [5.41, 5.74) is 0. The molecule has 170 valence electrons. The van der Waals surface area contributed by atoms with E-state index in [1.54, 1.807) is 0 Å². The SMILES string of the molecule is CC(=O)NC(COC(C)=O)C(OC(C)=O)C(OC(C)=O)C(COC(C)=O)OC(C)=O. The number of carbonyl (C=O) groups excluding carboxylic acids is 6. The summed E-state index contributed by atoms with van der Waals surface area (Å²) in [7, 11) is 0. The van der Waals surface area contributed by atoms with Gasteiger partial charge < -0.3 is 29.0 Å². The van der Waals surface area contributed by atoms with Gasteiger partial charge in [-0.1, -0.05) is 0 Å². The molecule has 0 saturated carbocycles. The Morgan fingerprint density at radius 2 is 1.03 bits per heavy atom. The van der Waals surface area contributed by atoms with E-state index in [9.17, 15) is 28.8 Å². The van der Waals surface area contributed by atoms with Crippen LogP contribution in [-0.2, 0) is 52.5 Å². The van der Waals surface area contributed by atoms with E-state index in [2.05, 4.69) is 5.32 Å². The van der Waals surface area contributed by atoms with E-state index in [1.165, 1.54) is 0 Å². The van der Waals surface area contributed by atoms with Gasteiger partial charge in [0.25, 0.3) is 0 Å². The molecule has 0 aliphatic rings. The van der Waals surface area contributed by atoms with Gasteiger partial charge in [0.05, 0.1) is 0 Å². The molecule has 0 aliphatic carbocycles. The van der Waals surface area contributed by atoms with Gasteiger partial charge in [0.2, 0.25) is 5.91 Å². The Morgan fingerprint density at radius 1 is 0.600 bits per heavy atom. The second-order valence-corrected chi connectivity index (χ2v) is 6.21. The van der Waals surface area contributed by atoms with Gasteiger partial charge in [-0.05, 0) is 0 Å². The second-order valence-electron chi connectivity index (χ2n) is 6.21. The number of rotatable bonds is 11. The van der Waals surface area contributed by atoms with Crippen LogP contribution < -0.4 is 5.32 Å². The lowest BCUT2D eigenvalue weighted by Crippen LogP contribution is -2.58. The monoisotopic (exact) mass is 433 g/mol. The zero-order valence-corrected chi connectivity index (χ0v) is 17.7. The number of amides is 1. The molecule has 4 unspecified atom stereocenters. The summed E-state index contributed by atoms with van der Waals surface area (Å²) >= 11 is 0. The van der Waals surface area contributed by atoms with Crippen molar-refractivity contribution in [2.45, 2.75) is 65.9 Å². The summed E-state index contributed by atoms with van der Waals surface area (Å²) < 4.78 is 25.3. The molecule has 1 amide bonds. The molecular weight excluding hydrogens is 406 g/mol. The first-order valence-corrected chi connectivity index (χ1v) is 8.88. The van der Waals surface area contributed by atoms with Crippen LogP contribution in [-0.4, -0.2) is 73.3 Å². The minimum Gasteiger partial charge on any atom is -0.464 e. The van der Waals surface area contributed by atoms with E-state index in [-0.39, 0.29) is 0 Å². The zero-order valence-electron chi connectivity index (χ0n) is 17.7. The van der Waals surface area contributed by atoms with Crippen molar-refractivity contribution in [3.05, 3.63) is 0 Å². The predicted molar refractivity (Wildman–Crippen MR) is 97.5 cm³/mol. The van der Waals surface area contributed by atoms with Crippen molar-refractivity contribution >= 4 is 35.8 Å². The highest BCUT2D eigenvalue weighted by Gasteiger charge is 2.43. The molecule has 0 aliphatic heterocycles. The molecule has 0 bridgehead atoms. The molecule has 0 aromatic heterocycles. The van der Waals surface area contributed by atoms with Crippen molar-refractivity contribution in [3.63, 3.8) is 0 Å². The summed E-state index contributed by atoms with van der Waals surface area (Å²) in [5.74, 6) is -4.45. The number of hydrogen-bond donors (Lipinski definition) is 1. The Kier molecular flexibility index (Phi) is 11.7. The number of hydrogen-bond acceptors (Lipinski definition) is 11. The van der Waals surface area contributed by atoms with Crippen molar-refractivity contribution in [1.82, 2.24) is 5.32 Å². The van der Waals surface area contributed by atoms with Crippen LogP contribution in [0.3, 0.4) is 0 Å². The predicted octanol–water partition coefficient (Wildman–Crippen LogP) is -0.588. The van der Waals surface area contributed by atoms with E-state index in [1.807, 2.05) is 0 Å². The van der Waals surface area contributed by atoms with Crippen LogP contribution in [0, 0.1) is 0 Å². The van der Waals surface area contributed by atoms with E-state index in [0.717, 1.165) is 41.5 Å². The van der Waals surface area contributed by atoms with Gasteiger partial charge in [-0.25, -0.2) is 0 Å². The van der Waals surface area contributed by atoms with Crippen LogP contribution in [0.4, 0.5) is 0 Å². The van der Waals surface area contributed by atoms with E-state index < -0.39 is 73.3 Å². The fourth-order valence-electron chi connectivity index (χ4n) is 2.41. The summed E-state index contributed by atoms with van der Waals surface area (Å²) in [4.78, 5) is 69.0. The Bertz CT molecular complexity index is 605. The van der Waals surface area contributed by atoms with Crippen LogP contribution in [0.2, 0.25) is 0 Å². The third-order valence-electron chi connectivity index (χ3n) is 3.31. The zero-order chi connectivity index (χ0) is 23.4. The smallest absolute Gasteiger partial charge is 0.303 e. The minimum absolute atomic E-state index is 0.453. The topological polar surface area (TPSA) is 161 Å². The van der Waals surface area contributed by atoms with Crippen molar-refractivity contribution in [1.29, 1.82) is 0 Å². The number of esters is 5. The third kappa shape index (κ3) is 11.6. The van der Waals surface area contributed by atoms with Crippen LogP contribution in [0.25, 0.3) is 0 Å². The van der Waals surface area contributed by atoms with Crippen LogP contribution in [0.5, 0.6) is 0 Å². The molecule has 0 aromatic rings. The molecule has 0 spiro atoms. The Morgan fingerprint density at radius 3 is 1.43 bits per heavy atom. The first kappa shape index (κ1) is 26.8. The molecule has 0 radical (unpaired) electrons. The van der Waals surface area contributed by atoms with E-state index in [4.69, 9.17) is 23.7 Å². The summed E-state index contributed by atoms with van der Waals surface area (Å²) in [6, 6.07) is -1.19. The molecule has 0 aromatic carbocycles. The molecule has 4 atom stereocenters. The fourth-order valence-corrected chi connectivity index (χ4v) is 2.41. The highest BCUT2D eigenvalue weighted by Crippen LogP contribution is 2.19. The maximum absolute atomic E-state index is 11.7. The van der Waals surface area contributed by atoms with Crippen molar-refractivity contribution in [2.75, 3.05) is 13.2 Å². The van der Waals surface area contributed by atoms with Crippen molar-refractivity contribution < 1.29 is 52.5 Å². The molecule has 0 fully saturated rings. The van der Waals surface area contributed by atoms with E-state index >= 15 is 0 Å². The highest BCUT2D eigenvalue weighted by molar-refractivity contribution is 5.74. The van der Waals surface area contributed by atoms with Gasteiger partial charge in [-0.3, -0.25) is 28.8 Å². The average Bonchev–Trinajstić information content (AvgIpc) is 2.57. The quantitative estimate of drug-likeness (QED) is 0.327. The second kappa shape index (κ2) is 13.1. The maximum atomic E-state index is 11.7. The molecule has 30 heavy (non-hydrogen) atoms. The molecule has 0 saturated heterocycles.